The van der Waals surface area contributed by atoms with E-state index in [2.05, 4.69) is 36.2 Å². The number of nitrogens with zero attached hydrogens (tertiary/aromatic N) is 2. The van der Waals surface area contributed by atoms with Crippen molar-refractivity contribution in [2.45, 2.75) is 20.3 Å². The molecule has 1 aromatic heterocycles. The molecule has 0 aliphatic carbocycles. The van der Waals surface area contributed by atoms with Crippen LogP contribution in [0.4, 0.5) is 5.69 Å². The summed E-state index contributed by atoms with van der Waals surface area (Å²) in [6.07, 6.45) is 1.00. The number of hydrogen-bond donors (Lipinski definition) is 2. The predicted octanol–water partition coefficient (Wildman–Crippen LogP) is 4.25. The number of benzene rings is 2. The maximum Gasteiger partial charge on any atom is 0.338 e. The Morgan fingerprint density at radius 1 is 0.964 bits per heavy atom. The van der Waals surface area contributed by atoms with Crippen LogP contribution in [0.1, 0.15) is 38.9 Å². The normalized spacial score (nSPS) is 10.1. The standard InChI is InChI=1S/C11H13NO4.C11H11N/c1-6-7(10(13)14)4-5-8(12(2)3)9(6)11(15)16;1-2-10-8-7-9-5-3-4-6-11(9)12-10/h4-5H,1-3H3,(H,13,14)(H,15,16);3-8H,2H2,1H3. The summed E-state index contributed by atoms with van der Waals surface area (Å²) in [6.45, 7) is 3.62. The van der Waals surface area contributed by atoms with E-state index in [1.165, 1.54) is 24.4 Å². The predicted molar refractivity (Wildman–Crippen MR) is 111 cm³/mol. The summed E-state index contributed by atoms with van der Waals surface area (Å²) in [5, 5.41) is 19.2. The van der Waals surface area contributed by atoms with E-state index in [-0.39, 0.29) is 16.7 Å². The lowest BCUT2D eigenvalue weighted by Gasteiger charge is -2.18. The van der Waals surface area contributed by atoms with Crippen molar-refractivity contribution in [2.75, 3.05) is 19.0 Å². The molecule has 0 saturated carbocycles. The van der Waals surface area contributed by atoms with Gasteiger partial charge in [-0.2, -0.15) is 0 Å². The van der Waals surface area contributed by atoms with Crippen LogP contribution in [-0.2, 0) is 6.42 Å². The van der Waals surface area contributed by atoms with Crippen LogP contribution in [-0.4, -0.2) is 41.2 Å². The van der Waals surface area contributed by atoms with Crippen LogP contribution in [0.3, 0.4) is 0 Å². The van der Waals surface area contributed by atoms with Gasteiger partial charge in [-0.1, -0.05) is 31.2 Å². The number of fused-ring (bicyclic) bond motifs is 1. The SMILES string of the molecule is CCc1ccc2ccccc2n1.Cc1c(C(=O)O)ccc(N(C)C)c1C(=O)O. The third-order valence-corrected chi connectivity index (χ3v) is 4.39. The van der Waals surface area contributed by atoms with Crippen molar-refractivity contribution in [2.24, 2.45) is 0 Å². The average Bonchev–Trinajstić information content (AvgIpc) is 2.67. The number of para-hydroxylation sites is 1. The topological polar surface area (TPSA) is 90.7 Å². The molecule has 0 bridgehead atoms. The lowest BCUT2D eigenvalue weighted by molar-refractivity contribution is 0.0696. The van der Waals surface area contributed by atoms with Gasteiger partial charge in [0.1, 0.15) is 0 Å². The van der Waals surface area contributed by atoms with E-state index < -0.39 is 11.9 Å². The Bertz CT molecular complexity index is 1010. The molecule has 146 valence electrons. The third kappa shape index (κ3) is 4.65. The van der Waals surface area contributed by atoms with Crippen molar-refractivity contribution in [3.63, 3.8) is 0 Å². The summed E-state index contributed by atoms with van der Waals surface area (Å²) in [5.74, 6) is -2.24. The minimum Gasteiger partial charge on any atom is -0.478 e. The summed E-state index contributed by atoms with van der Waals surface area (Å²) < 4.78 is 0. The van der Waals surface area contributed by atoms with Gasteiger partial charge in [0.25, 0.3) is 0 Å². The van der Waals surface area contributed by atoms with Crippen LogP contribution in [0.5, 0.6) is 0 Å². The lowest BCUT2D eigenvalue weighted by Crippen LogP contribution is -2.16. The lowest BCUT2D eigenvalue weighted by atomic mass is 10.00. The van der Waals surface area contributed by atoms with Crippen molar-refractivity contribution in [3.05, 3.63) is 70.9 Å². The highest BCUT2D eigenvalue weighted by Gasteiger charge is 2.20. The van der Waals surface area contributed by atoms with E-state index in [1.807, 2.05) is 12.1 Å². The molecule has 6 heteroatoms. The van der Waals surface area contributed by atoms with Crippen LogP contribution in [0.25, 0.3) is 10.9 Å². The van der Waals surface area contributed by atoms with Crippen molar-refractivity contribution in [1.29, 1.82) is 0 Å². The van der Waals surface area contributed by atoms with Crippen LogP contribution >= 0.6 is 0 Å². The summed E-state index contributed by atoms with van der Waals surface area (Å²) >= 11 is 0. The Balaban J connectivity index is 0.000000207. The number of carboxylic acid groups (broad SMARTS) is 2. The molecule has 0 aliphatic heterocycles. The Kier molecular flexibility index (Phi) is 6.71. The first kappa shape index (κ1) is 20.9. The Labute approximate surface area is 164 Å². The first-order chi connectivity index (χ1) is 13.3. The third-order valence-electron chi connectivity index (χ3n) is 4.39. The largest absolute Gasteiger partial charge is 0.478 e. The van der Waals surface area contributed by atoms with Crippen molar-refractivity contribution < 1.29 is 19.8 Å². The molecule has 28 heavy (non-hydrogen) atoms. The molecular weight excluding hydrogens is 356 g/mol. The van der Waals surface area contributed by atoms with E-state index >= 15 is 0 Å². The molecule has 0 amide bonds. The molecule has 3 rings (SSSR count). The Hall–Kier alpha value is -3.41. The number of hydrogen-bond acceptors (Lipinski definition) is 4. The van der Waals surface area contributed by atoms with Crippen LogP contribution < -0.4 is 4.90 Å². The molecule has 0 fully saturated rings. The highest BCUT2D eigenvalue weighted by atomic mass is 16.4. The maximum atomic E-state index is 11.1. The molecule has 1 heterocycles. The fraction of sp³-hybridized carbons (Fsp3) is 0.227. The number of aromatic carboxylic acids is 2. The second-order valence-electron chi connectivity index (χ2n) is 6.49. The van der Waals surface area contributed by atoms with Gasteiger partial charge in [0.15, 0.2) is 0 Å². The molecule has 0 unspecified atom stereocenters. The van der Waals surface area contributed by atoms with Gasteiger partial charge in [0.05, 0.1) is 22.3 Å². The monoisotopic (exact) mass is 380 g/mol. The summed E-state index contributed by atoms with van der Waals surface area (Å²) in [5.41, 5.74) is 3.07. The molecule has 6 nitrogen and oxygen atoms in total. The number of anilines is 1. The number of aromatic nitrogens is 1. The first-order valence-corrected chi connectivity index (χ1v) is 8.88. The van der Waals surface area contributed by atoms with E-state index in [9.17, 15) is 9.59 Å². The van der Waals surface area contributed by atoms with E-state index in [4.69, 9.17) is 10.2 Å². The highest BCUT2D eigenvalue weighted by Crippen LogP contribution is 2.25. The molecule has 0 aliphatic rings. The molecule has 0 radical (unpaired) electrons. The van der Waals surface area contributed by atoms with Crippen LogP contribution in [0, 0.1) is 6.92 Å². The smallest absolute Gasteiger partial charge is 0.338 e. The first-order valence-electron chi connectivity index (χ1n) is 8.88. The Morgan fingerprint density at radius 3 is 2.21 bits per heavy atom. The van der Waals surface area contributed by atoms with E-state index in [1.54, 1.807) is 19.0 Å². The molecule has 0 atom stereocenters. The number of carbonyl (C=O) groups is 2. The molecule has 3 aromatic rings. The fourth-order valence-corrected chi connectivity index (χ4v) is 2.88. The second kappa shape index (κ2) is 8.99. The Morgan fingerprint density at radius 2 is 1.64 bits per heavy atom. The highest BCUT2D eigenvalue weighted by molar-refractivity contribution is 6.01. The van der Waals surface area contributed by atoms with Crippen LogP contribution in [0.15, 0.2) is 48.5 Å². The zero-order chi connectivity index (χ0) is 20.8. The summed E-state index contributed by atoms with van der Waals surface area (Å²) in [6, 6.07) is 15.3. The van der Waals surface area contributed by atoms with Gasteiger partial charge < -0.3 is 15.1 Å². The fourth-order valence-electron chi connectivity index (χ4n) is 2.88. The average molecular weight is 380 g/mol. The van der Waals surface area contributed by atoms with Gasteiger partial charge in [-0.15, -0.1) is 0 Å². The molecule has 2 aromatic carbocycles. The summed E-state index contributed by atoms with van der Waals surface area (Å²) in [7, 11) is 3.42. The van der Waals surface area contributed by atoms with Crippen molar-refractivity contribution in [1.82, 2.24) is 4.98 Å². The molecular formula is C22H24N2O4. The number of aryl methyl sites for hydroxylation is 1. The molecule has 2 N–H and O–H groups in total. The van der Waals surface area contributed by atoms with Gasteiger partial charge >= 0.3 is 11.9 Å². The van der Waals surface area contributed by atoms with Crippen molar-refractivity contribution >= 4 is 28.5 Å². The number of carboxylic acids is 2. The van der Waals surface area contributed by atoms with Crippen LogP contribution in [0.2, 0.25) is 0 Å². The van der Waals surface area contributed by atoms with Gasteiger partial charge in [-0.3, -0.25) is 4.98 Å². The minimum absolute atomic E-state index is 0.0167. The second-order valence-corrected chi connectivity index (χ2v) is 6.49. The zero-order valence-corrected chi connectivity index (χ0v) is 16.4. The minimum atomic E-state index is -1.12. The van der Waals surface area contributed by atoms with E-state index in [0.717, 1.165) is 17.6 Å². The number of pyridine rings is 1. The van der Waals surface area contributed by atoms with E-state index in [0.29, 0.717) is 5.69 Å². The molecule has 0 spiro atoms. The van der Waals surface area contributed by atoms with Crippen molar-refractivity contribution in [3.8, 4) is 0 Å². The number of rotatable bonds is 4. The van der Waals surface area contributed by atoms with Gasteiger partial charge in [0, 0.05) is 25.2 Å². The maximum absolute atomic E-state index is 11.1. The van der Waals surface area contributed by atoms with Gasteiger partial charge in [0.2, 0.25) is 0 Å². The van der Waals surface area contributed by atoms with Gasteiger partial charge in [-0.25, -0.2) is 9.59 Å². The zero-order valence-electron chi connectivity index (χ0n) is 16.4. The molecule has 0 saturated heterocycles. The summed E-state index contributed by atoms with van der Waals surface area (Å²) in [4.78, 5) is 28.1. The quantitative estimate of drug-likeness (QED) is 0.703. The van der Waals surface area contributed by atoms with Gasteiger partial charge in [-0.05, 0) is 43.2 Å².